The predicted molar refractivity (Wildman–Crippen MR) is 71.9 cm³/mol. The van der Waals surface area contributed by atoms with Crippen molar-refractivity contribution < 1.29 is 0 Å². The van der Waals surface area contributed by atoms with Gasteiger partial charge in [0.15, 0.2) is 0 Å². The molecule has 16 heavy (non-hydrogen) atoms. The standard InChI is InChI=1S/C12H23N3S/c1-16-12-5-3-2-4-7-13-9-11-15-10-6-8-14-15/h6,8,10,13H,2-5,7,9,11-12H2,1H3. The zero-order valence-electron chi connectivity index (χ0n) is 10.2. The number of unbranched alkanes of at least 4 members (excludes halogenated alkanes) is 3. The first-order valence-electron chi connectivity index (χ1n) is 6.10. The Morgan fingerprint density at radius 1 is 1.19 bits per heavy atom. The van der Waals surface area contributed by atoms with Crippen LogP contribution in [-0.2, 0) is 6.54 Å². The van der Waals surface area contributed by atoms with E-state index in [-0.39, 0.29) is 0 Å². The lowest BCUT2D eigenvalue weighted by molar-refractivity contribution is 0.535. The summed E-state index contributed by atoms with van der Waals surface area (Å²) in [5.74, 6) is 1.31. The molecular formula is C12H23N3S. The highest BCUT2D eigenvalue weighted by atomic mass is 32.2. The van der Waals surface area contributed by atoms with Crippen LogP contribution in [0.25, 0.3) is 0 Å². The molecule has 3 nitrogen and oxygen atoms in total. The first-order chi connectivity index (χ1) is 7.93. The third-order valence-corrected chi connectivity index (χ3v) is 3.23. The number of hydrogen-bond acceptors (Lipinski definition) is 3. The van der Waals surface area contributed by atoms with Crippen LogP contribution < -0.4 is 5.32 Å². The molecule has 0 bridgehead atoms. The van der Waals surface area contributed by atoms with Gasteiger partial charge in [-0.25, -0.2) is 0 Å². The minimum Gasteiger partial charge on any atom is -0.315 e. The van der Waals surface area contributed by atoms with Crippen LogP contribution in [0.1, 0.15) is 25.7 Å². The first kappa shape index (κ1) is 13.6. The maximum atomic E-state index is 4.16. The van der Waals surface area contributed by atoms with Crippen molar-refractivity contribution in [1.29, 1.82) is 0 Å². The van der Waals surface area contributed by atoms with Crippen molar-refractivity contribution in [3.8, 4) is 0 Å². The van der Waals surface area contributed by atoms with Crippen molar-refractivity contribution in [2.75, 3.05) is 25.1 Å². The van der Waals surface area contributed by atoms with E-state index in [1.54, 1.807) is 0 Å². The summed E-state index contributed by atoms with van der Waals surface area (Å²) < 4.78 is 1.96. The molecule has 0 atom stereocenters. The third-order valence-electron chi connectivity index (χ3n) is 2.53. The van der Waals surface area contributed by atoms with Crippen molar-refractivity contribution >= 4 is 11.8 Å². The van der Waals surface area contributed by atoms with E-state index in [4.69, 9.17) is 0 Å². The highest BCUT2D eigenvalue weighted by Gasteiger charge is 1.92. The van der Waals surface area contributed by atoms with Crippen molar-refractivity contribution in [1.82, 2.24) is 15.1 Å². The van der Waals surface area contributed by atoms with E-state index in [0.29, 0.717) is 0 Å². The molecular weight excluding hydrogens is 218 g/mol. The minimum atomic E-state index is 0.972. The number of hydrogen-bond donors (Lipinski definition) is 1. The quantitative estimate of drug-likeness (QED) is 0.638. The smallest absolute Gasteiger partial charge is 0.0533 e. The molecule has 92 valence electrons. The van der Waals surface area contributed by atoms with Gasteiger partial charge in [0, 0.05) is 18.9 Å². The summed E-state index contributed by atoms with van der Waals surface area (Å²) >= 11 is 1.95. The molecule has 0 amide bonds. The second-order valence-corrected chi connectivity index (χ2v) is 4.91. The van der Waals surface area contributed by atoms with Gasteiger partial charge in [0.2, 0.25) is 0 Å². The molecule has 1 aromatic heterocycles. The Morgan fingerprint density at radius 3 is 2.81 bits per heavy atom. The van der Waals surface area contributed by atoms with Gasteiger partial charge in [-0.3, -0.25) is 4.68 Å². The summed E-state index contributed by atoms with van der Waals surface area (Å²) in [6, 6.07) is 1.96. The van der Waals surface area contributed by atoms with E-state index >= 15 is 0 Å². The maximum Gasteiger partial charge on any atom is 0.0533 e. The highest BCUT2D eigenvalue weighted by molar-refractivity contribution is 7.98. The number of aromatic nitrogens is 2. The largest absolute Gasteiger partial charge is 0.315 e. The van der Waals surface area contributed by atoms with Crippen LogP contribution in [0.2, 0.25) is 0 Å². The molecule has 1 heterocycles. The van der Waals surface area contributed by atoms with Crippen LogP contribution in [0.5, 0.6) is 0 Å². The number of rotatable bonds is 10. The molecule has 4 heteroatoms. The van der Waals surface area contributed by atoms with Crippen LogP contribution in [0.15, 0.2) is 18.5 Å². The zero-order chi connectivity index (χ0) is 11.5. The minimum absolute atomic E-state index is 0.972. The molecule has 1 aromatic rings. The fourth-order valence-electron chi connectivity index (χ4n) is 1.60. The van der Waals surface area contributed by atoms with Gasteiger partial charge in [-0.2, -0.15) is 16.9 Å². The Hall–Kier alpha value is -0.480. The summed E-state index contributed by atoms with van der Waals surface area (Å²) in [5, 5.41) is 7.61. The van der Waals surface area contributed by atoms with Gasteiger partial charge in [-0.05, 0) is 37.5 Å². The lowest BCUT2D eigenvalue weighted by atomic mass is 10.2. The summed E-state index contributed by atoms with van der Waals surface area (Å²) in [5.41, 5.74) is 0. The summed E-state index contributed by atoms with van der Waals surface area (Å²) in [6.07, 6.45) is 11.4. The van der Waals surface area contributed by atoms with E-state index in [2.05, 4.69) is 16.7 Å². The van der Waals surface area contributed by atoms with Crippen LogP contribution in [-0.4, -0.2) is 34.9 Å². The van der Waals surface area contributed by atoms with Crippen LogP contribution in [0.3, 0.4) is 0 Å². The van der Waals surface area contributed by atoms with Crippen LogP contribution in [0, 0.1) is 0 Å². The number of nitrogens with one attached hydrogen (secondary N) is 1. The van der Waals surface area contributed by atoms with E-state index in [9.17, 15) is 0 Å². The zero-order valence-corrected chi connectivity index (χ0v) is 11.0. The summed E-state index contributed by atoms with van der Waals surface area (Å²) in [6.45, 7) is 3.13. The lowest BCUT2D eigenvalue weighted by Gasteiger charge is -2.04. The summed E-state index contributed by atoms with van der Waals surface area (Å²) in [4.78, 5) is 0. The molecule has 1 N–H and O–H groups in total. The molecule has 1 rings (SSSR count). The normalized spacial score (nSPS) is 10.8. The molecule has 0 aromatic carbocycles. The Labute approximate surface area is 103 Å². The van der Waals surface area contributed by atoms with Gasteiger partial charge in [0.05, 0.1) is 6.54 Å². The van der Waals surface area contributed by atoms with E-state index in [0.717, 1.165) is 19.6 Å². The molecule has 0 radical (unpaired) electrons. The fraction of sp³-hybridized carbons (Fsp3) is 0.750. The second-order valence-electron chi connectivity index (χ2n) is 3.93. The van der Waals surface area contributed by atoms with Crippen molar-refractivity contribution in [3.63, 3.8) is 0 Å². The van der Waals surface area contributed by atoms with Gasteiger partial charge in [-0.1, -0.05) is 12.8 Å². The Kier molecular flexibility index (Phi) is 8.26. The van der Waals surface area contributed by atoms with Gasteiger partial charge in [0.25, 0.3) is 0 Å². The fourth-order valence-corrected chi connectivity index (χ4v) is 2.09. The van der Waals surface area contributed by atoms with Gasteiger partial charge in [0.1, 0.15) is 0 Å². The van der Waals surface area contributed by atoms with E-state index in [1.807, 2.05) is 34.9 Å². The number of thioether (sulfide) groups is 1. The van der Waals surface area contributed by atoms with Crippen molar-refractivity contribution in [2.24, 2.45) is 0 Å². The van der Waals surface area contributed by atoms with Crippen molar-refractivity contribution in [2.45, 2.75) is 32.2 Å². The predicted octanol–water partition coefficient (Wildman–Crippen LogP) is 2.40. The molecule has 0 fully saturated rings. The topological polar surface area (TPSA) is 29.9 Å². The Morgan fingerprint density at radius 2 is 2.06 bits per heavy atom. The average Bonchev–Trinajstić information content (AvgIpc) is 2.80. The molecule has 0 aliphatic heterocycles. The lowest BCUT2D eigenvalue weighted by Crippen LogP contribution is -2.21. The molecule has 0 saturated heterocycles. The van der Waals surface area contributed by atoms with Gasteiger partial charge >= 0.3 is 0 Å². The SMILES string of the molecule is CSCCCCCCNCCn1cccn1. The van der Waals surface area contributed by atoms with E-state index in [1.165, 1.54) is 31.4 Å². The van der Waals surface area contributed by atoms with Crippen molar-refractivity contribution in [3.05, 3.63) is 18.5 Å². The average molecular weight is 241 g/mol. The Balaban J connectivity index is 1.78. The second kappa shape index (κ2) is 9.73. The molecule has 0 aliphatic carbocycles. The number of nitrogens with zero attached hydrogens (tertiary/aromatic N) is 2. The molecule has 0 saturated carbocycles. The maximum absolute atomic E-state index is 4.16. The molecule has 0 aliphatic rings. The summed E-state index contributed by atoms with van der Waals surface area (Å²) in [7, 11) is 0. The van der Waals surface area contributed by atoms with E-state index < -0.39 is 0 Å². The molecule has 0 spiro atoms. The van der Waals surface area contributed by atoms with Gasteiger partial charge < -0.3 is 5.32 Å². The van der Waals surface area contributed by atoms with Gasteiger partial charge in [-0.15, -0.1) is 0 Å². The monoisotopic (exact) mass is 241 g/mol. The van der Waals surface area contributed by atoms with Crippen LogP contribution >= 0.6 is 11.8 Å². The first-order valence-corrected chi connectivity index (χ1v) is 7.50. The highest BCUT2D eigenvalue weighted by Crippen LogP contribution is 2.03. The molecule has 0 unspecified atom stereocenters. The van der Waals surface area contributed by atoms with Crippen LogP contribution in [0.4, 0.5) is 0 Å². The third kappa shape index (κ3) is 6.90. The Bertz CT molecular complexity index is 236.